The second-order valence-electron chi connectivity index (χ2n) is 2.44. The molecule has 0 unspecified atom stereocenters. The van der Waals surface area contributed by atoms with Crippen molar-refractivity contribution in [3.63, 3.8) is 0 Å². The Morgan fingerprint density at radius 2 is 2.23 bits per heavy atom. The summed E-state index contributed by atoms with van der Waals surface area (Å²) in [5.74, 6) is -1.55. The summed E-state index contributed by atoms with van der Waals surface area (Å²) in [5.41, 5.74) is 0.135. The molecule has 1 aromatic rings. The molecule has 0 aliphatic rings. The van der Waals surface area contributed by atoms with Crippen LogP contribution in [0.25, 0.3) is 0 Å². The minimum atomic E-state index is -0.906. The van der Waals surface area contributed by atoms with Gasteiger partial charge in [-0.25, -0.2) is 9.18 Å². The fourth-order valence-corrected chi connectivity index (χ4v) is 0.914. The maximum atomic E-state index is 13.2. The summed E-state index contributed by atoms with van der Waals surface area (Å²) in [6, 6.07) is 4.31. The number of benzene rings is 1. The Balaban J connectivity index is 3.22. The monoisotopic (exact) mass is 179 g/mol. The standard InChI is InChI=1S/C9H6FNO2/c1-6-3-2-4-7(8(6)10)9(13)11-5-12/h2-4H,1H3. The Hall–Kier alpha value is -1.80. The van der Waals surface area contributed by atoms with Gasteiger partial charge in [0.1, 0.15) is 5.82 Å². The molecule has 1 rings (SSSR count). The fourth-order valence-electron chi connectivity index (χ4n) is 0.914. The molecule has 0 saturated heterocycles. The lowest BCUT2D eigenvalue weighted by molar-refractivity contribution is 0.0999. The molecule has 0 aliphatic heterocycles. The molecular formula is C9H6FNO2. The summed E-state index contributed by atoms with van der Waals surface area (Å²) in [7, 11) is 0. The zero-order chi connectivity index (χ0) is 9.84. The molecule has 13 heavy (non-hydrogen) atoms. The van der Waals surface area contributed by atoms with Crippen molar-refractivity contribution in [2.75, 3.05) is 0 Å². The van der Waals surface area contributed by atoms with Gasteiger partial charge in [0.05, 0.1) is 5.56 Å². The van der Waals surface area contributed by atoms with Crippen LogP contribution in [0.4, 0.5) is 4.39 Å². The van der Waals surface area contributed by atoms with E-state index in [4.69, 9.17) is 0 Å². The summed E-state index contributed by atoms with van der Waals surface area (Å²) < 4.78 is 13.2. The summed E-state index contributed by atoms with van der Waals surface area (Å²) in [4.78, 5) is 23.5. The molecule has 1 aromatic carbocycles. The van der Waals surface area contributed by atoms with E-state index in [1.165, 1.54) is 25.1 Å². The van der Waals surface area contributed by atoms with Crippen LogP contribution in [0.3, 0.4) is 0 Å². The number of nitrogens with zero attached hydrogens (tertiary/aromatic N) is 1. The van der Waals surface area contributed by atoms with E-state index < -0.39 is 11.7 Å². The number of hydrogen-bond acceptors (Lipinski definition) is 2. The number of aryl methyl sites for hydroxylation is 1. The van der Waals surface area contributed by atoms with Gasteiger partial charge in [0.15, 0.2) is 0 Å². The summed E-state index contributed by atoms with van der Waals surface area (Å²) in [6.07, 6.45) is 1.07. The fraction of sp³-hybridized carbons (Fsp3) is 0.111. The number of aliphatic imine (C=N–C) groups is 1. The molecule has 0 bridgehead atoms. The SMILES string of the molecule is Cc1cccc(C(=O)N=C=O)c1F. The molecule has 0 aromatic heterocycles. The Labute approximate surface area is 73.9 Å². The van der Waals surface area contributed by atoms with Crippen LogP contribution in [0.2, 0.25) is 0 Å². The van der Waals surface area contributed by atoms with E-state index >= 15 is 0 Å². The third-order valence-corrected chi connectivity index (χ3v) is 1.57. The molecule has 0 heterocycles. The van der Waals surface area contributed by atoms with Crippen molar-refractivity contribution in [2.24, 2.45) is 4.99 Å². The lowest BCUT2D eigenvalue weighted by Crippen LogP contribution is -2.00. The highest BCUT2D eigenvalue weighted by Gasteiger charge is 2.11. The largest absolute Gasteiger partial charge is 0.290 e. The molecule has 1 amide bonds. The van der Waals surface area contributed by atoms with Gasteiger partial charge in [0.25, 0.3) is 5.91 Å². The minimum absolute atomic E-state index is 0.205. The van der Waals surface area contributed by atoms with Crippen LogP contribution < -0.4 is 0 Å². The van der Waals surface area contributed by atoms with Crippen molar-refractivity contribution in [3.05, 3.63) is 35.1 Å². The van der Waals surface area contributed by atoms with Gasteiger partial charge < -0.3 is 0 Å². The molecule has 0 saturated carbocycles. The molecule has 0 atom stereocenters. The highest BCUT2D eigenvalue weighted by molar-refractivity contribution is 5.97. The van der Waals surface area contributed by atoms with Crippen molar-refractivity contribution in [3.8, 4) is 0 Å². The topological polar surface area (TPSA) is 46.5 Å². The average Bonchev–Trinajstić information content (AvgIpc) is 2.10. The van der Waals surface area contributed by atoms with Crippen LogP contribution in [0.5, 0.6) is 0 Å². The first-order valence-corrected chi connectivity index (χ1v) is 3.54. The van der Waals surface area contributed by atoms with Crippen LogP contribution in [0, 0.1) is 12.7 Å². The quantitative estimate of drug-likeness (QED) is 0.485. The number of amides is 1. The highest BCUT2D eigenvalue weighted by Crippen LogP contribution is 2.12. The zero-order valence-electron chi connectivity index (χ0n) is 6.87. The third kappa shape index (κ3) is 1.86. The predicted molar refractivity (Wildman–Crippen MR) is 43.6 cm³/mol. The van der Waals surface area contributed by atoms with E-state index in [-0.39, 0.29) is 5.56 Å². The maximum absolute atomic E-state index is 13.2. The van der Waals surface area contributed by atoms with Gasteiger partial charge in [0, 0.05) is 0 Å². The van der Waals surface area contributed by atoms with Gasteiger partial charge in [-0.2, -0.15) is 0 Å². The number of halogens is 1. The van der Waals surface area contributed by atoms with E-state index in [0.29, 0.717) is 5.56 Å². The Morgan fingerprint density at radius 1 is 1.54 bits per heavy atom. The van der Waals surface area contributed by atoms with Crippen LogP contribution in [0.1, 0.15) is 15.9 Å². The van der Waals surface area contributed by atoms with Crippen LogP contribution in [-0.4, -0.2) is 12.0 Å². The Morgan fingerprint density at radius 3 is 2.85 bits per heavy atom. The number of carbonyl (C=O) groups excluding carboxylic acids is 2. The van der Waals surface area contributed by atoms with E-state index in [1.54, 1.807) is 0 Å². The van der Waals surface area contributed by atoms with Crippen LogP contribution in [-0.2, 0) is 4.79 Å². The normalized spacial score (nSPS) is 9.08. The predicted octanol–water partition coefficient (Wildman–Crippen LogP) is 1.61. The average molecular weight is 179 g/mol. The molecule has 0 fully saturated rings. The lowest BCUT2D eigenvalue weighted by atomic mass is 10.1. The van der Waals surface area contributed by atoms with Gasteiger partial charge >= 0.3 is 0 Å². The van der Waals surface area contributed by atoms with Gasteiger partial charge in [-0.3, -0.25) is 4.79 Å². The van der Waals surface area contributed by atoms with E-state index in [2.05, 4.69) is 4.99 Å². The number of carbonyl (C=O) groups is 1. The van der Waals surface area contributed by atoms with Crippen LogP contribution >= 0.6 is 0 Å². The van der Waals surface area contributed by atoms with Crippen LogP contribution in [0.15, 0.2) is 23.2 Å². The van der Waals surface area contributed by atoms with Crippen molar-refractivity contribution in [2.45, 2.75) is 6.92 Å². The van der Waals surface area contributed by atoms with Crippen molar-refractivity contribution >= 4 is 12.0 Å². The van der Waals surface area contributed by atoms with E-state index in [9.17, 15) is 14.0 Å². The molecule has 0 N–H and O–H groups in total. The molecule has 0 aliphatic carbocycles. The van der Waals surface area contributed by atoms with Crippen molar-refractivity contribution in [1.29, 1.82) is 0 Å². The second kappa shape index (κ2) is 3.74. The summed E-state index contributed by atoms with van der Waals surface area (Å²) in [6.45, 7) is 1.52. The smallest absolute Gasteiger partial charge is 0.266 e. The van der Waals surface area contributed by atoms with E-state index in [1.807, 2.05) is 0 Å². The zero-order valence-corrected chi connectivity index (χ0v) is 6.87. The van der Waals surface area contributed by atoms with Gasteiger partial charge in [-0.15, -0.1) is 4.99 Å². The van der Waals surface area contributed by atoms with Crippen molar-refractivity contribution < 1.29 is 14.0 Å². The number of isocyanates is 1. The Bertz CT molecular complexity index is 395. The lowest BCUT2D eigenvalue weighted by Gasteiger charge is -1.98. The first-order valence-electron chi connectivity index (χ1n) is 3.54. The molecule has 3 nitrogen and oxygen atoms in total. The van der Waals surface area contributed by atoms with Gasteiger partial charge in [0.2, 0.25) is 6.08 Å². The first-order chi connectivity index (χ1) is 6.16. The maximum Gasteiger partial charge on any atom is 0.290 e. The molecular weight excluding hydrogens is 173 g/mol. The molecule has 0 radical (unpaired) electrons. The third-order valence-electron chi connectivity index (χ3n) is 1.57. The van der Waals surface area contributed by atoms with E-state index in [0.717, 1.165) is 6.08 Å². The molecule has 66 valence electrons. The van der Waals surface area contributed by atoms with Gasteiger partial charge in [-0.05, 0) is 18.6 Å². The van der Waals surface area contributed by atoms with Crippen molar-refractivity contribution in [1.82, 2.24) is 0 Å². The van der Waals surface area contributed by atoms with Gasteiger partial charge in [-0.1, -0.05) is 12.1 Å². The summed E-state index contributed by atoms with van der Waals surface area (Å²) in [5, 5.41) is 0. The number of hydrogen-bond donors (Lipinski definition) is 0. The first kappa shape index (κ1) is 9.29. The second-order valence-corrected chi connectivity index (χ2v) is 2.44. The minimum Gasteiger partial charge on any atom is -0.266 e. The number of rotatable bonds is 1. The highest BCUT2D eigenvalue weighted by atomic mass is 19.1. The Kier molecular flexibility index (Phi) is 2.67. The summed E-state index contributed by atoms with van der Waals surface area (Å²) >= 11 is 0. The molecule has 4 heteroatoms. The molecule has 0 spiro atoms.